The lowest BCUT2D eigenvalue weighted by molar-refractivity contribution is -0.384. The summed E-state index contributed by atoms with van der Waals surface area (Å²) in [6.07, 6.45) is 0. The van der Waals surface area contributed by atoms with Crippen molar-refractivity contribution >= 4 is 21.4 Å². The Bertz CT molecular complexity index is 682. The lowest BCUT2D eigenvalue weighted by Crippen LogP contribution is -2.30. The minimum absolute atomic E-state index is 0.0151. The van der Waals surface area contributed by atoms with Gasteiger partial charge in [-0.3, -0.25) is 16.0 Å². The smallest absolute Gasteiger partial charge is 0.293 e. The molecule has 1 rings (SSSR count). The van der Waals surface area contributed by atoms with Crippen molar-refractivity contribution in [3.05, 3.63) is 28.3 Å². The summed E-state index contributed by atoms with van der Waals surface area (Å²) in [4.78, 5) is 9.96. The number of sulfonamides is 1. The molecule has 0 aliphatic carbocycles. The maximum absolute atomic E-state index is 12.3. The SMILES string of the molecule is CC(C#N)CN(C)S(=O)(=O)c1ccc([N+](=O)[O-])c(NN)c1. The Kier molecular flexibility index (Phi) is 5.20. The van der Waals surface area contributed by atoms with Crippen LogP contribution in [0.1, 0.15) is 6.92 Å². The Morgan fingerprint density at radius 3 is 2.67 bits per heavy atom. The Balaban J connectivity index is 3.21. The van der Waals surface area contributed by atoms with Gasteiger partial charge in [-0.2, -0.15) is 9.57 Å². The van der Waals surface area contributed by atoms with E-state index in [-0.39, 0.29) is 22.8 Å². The Hall–Kier alpha value is -2.22. The normalized spacial score (nSPS) is 12.7. The molecule has 0 fully saturated rings. The second-order valence-electron chi connectivity index (χ2n) is 4.40. The molecule has 0 amide bonds. The third kappa shape index (κ3) is 3.66. The van der Waals surface area contributed by atoms with Crippen LogP contribution in [0.2, 0.25) is 0 Å². The molecule has 0 aliphatic rings. The average molecular weight is 313 g/mol. The van der Waals surface area contributed by atoms with Gasteiger partial charge < -0.3 is 5.43 Å². The van der Waals surface area contributed by atoms with Gasteiger partial charge >= 0.3 is 0 Å². The fourth-order valence-electron chi connectivity index (χ4n) is 1.65. The number of nitro groups is 1. The largest absolute Gasteiger partial charge is 0.318 e. The first kappa shape index (κ1) is 16.8. The lowest BCUT2D eigenvalue weighted by atomic mass is 10.2. The highest BCUT2D eigenvalue weighted by Gasteiger charge is 2.25. The summed E-state index contributed by atoms with van der Waals surface area (Å²) in [7, 11) is -2.52. The first-order valence-electron chi connectivity index (χ1n) is 5.85. The number of hydrogen-bond acceptors (Lipinski definition) is 7. The van der Waals surface area contributed by atoms with Crippen LogP contribution in [0, 0.1) is 27.4 Å². The van der Waals surface area contributed by atoms with Crippen LogP contribution in [-0.4, -0.2) is 31.2 Å². The summed E-state index contributed by atoms with van der Waals surface area (Å²) in [5, 5.41) is 19.5. The van der Waals surface area contributed by atoms with Crippen LogP contribution >= 0.6 is 0 Å². The zero-order chi connectivity index (χ0) is 16.2. The minimum atomic E-state index is -3.86. The third-order valence-electron chi connectivity index (χ3n) is 2.78. The number of anilines is 1. The molecular weight excluding hydrogens is 298 g/mol. The van der Waals surface area contributed by atoms with E-state index in [0.29, 0.717) is 0 Å². The van der Waals surface area contributed by atoms with E-state index in [9.17, 15) is 18.5 Å². The van der Waals surface area contributed by atoms with E-state index < -0.39 is 20.9 Å². The summed E-state index contributed by atoms with van der Waals surface area (Å²) in [6, 6.07) is 5.21. The number of benzene rings is 1. The van der Waals surface area contributed by atoms with Crippen LogP contribution in [0.4, 0.5) is 11.4 Å². The number of nitriles is 1. The van der Waals surface area contributed by atoms with Crippen molar-refractivity contribution in [1.29, 1.82) is 5.26 Å². The third-order valence-corrected chi connectivity index (χ3v) is 4.60. The van der Waals surface area contributed by atoms with Gasteiger partial charge in [-0.15, -0.1) is 0 Å². The van der Waals surface area contributed by atoms with Gasteiger partial charge in [0.2, 0.25) is 10.0 Å². The summed E-state index contributed by atoms with van der Waals surface area (Å²) in [5.74, 6) is 4.70. The molecular formula is C11H15N5O4S. The first-order chi connectivity index (χ1) is 9.73. The van der Waals surface area contributed by atoms with Gasteiger partial charge in [-0.1, -0.05) is 0 Å². The van der Waals surface area contributed by atoms with E-state index in [1.165, 1.54) is 7.05 Å². The van der Waals surface area contributed by atoms with Crippen molar-refractivity contribution < 1.29 is 13.3 Å². The van der Waals surface area contributed by atoms with Crippen molar-refractivity contribution in [2.75, 3.05) is 19.0 Å². The summed E-state index contributed by atoms with van der Waals surface area (Å²) in [5.41, 5.74) is 1.67. The highest BCUT2D eigenvalue weighted by atomic mass is 32.2. The lowest BCUT2D eigenvalue weighted by Gasteiger charge is -2.18. The summed E-state index contributed by atoms with van der Waals surface area (Å²) >= 11 is 0. The van der Waals surface area contributed by atoms with E-state index in [2.05, 4.69) is 5.43 Å². The van der Waals surface area contributed by atoms with Crippen molar-refractivity contribution in [3.8, 4) is 6.07 Å². The molecule has 1 aromatic rings. The number of nitro benzene ring substituents is 1. The van der Waals surface area contributed by atoms with Crippen LogP contribution < -0.4 is 11.3 Å². The fraction of sp³-hybridized carbons (Fsp3) is 0.364. The molecule has 1 aromatic carbocycles. The number of rotatable bonds is 6. The van der Waals surface area contributed by atoms with Gasteiger partial charge in [0.25, 0.3) is 5.69 Å². The van der Waals surface area contributed by atoms with Gasteiger partial charge in [-0.05, 0) is 19.1 Å². The second-order valence-corrected chi connectivity index (χ2v) is 6.44. The van der Waals surface area contributed by atoms with Crippen LogP contribution in [0.25, 0.3) is 0 Å². The molecule has 3 N–H and O–H groups in total. The van der Waals surface area contributed by atoms with E-state index in [1.807, 2.05) is 6.07 Å². The highest BCUT2D eigenvalue weighted by Crippen LogP contribution is 2.27. The Morgan fingerprint density at radius 2 is 2.19 bits per heavy atom. The van der Waals surface area contributed by atoms with E-state index in [4.69, 9.17) is 11.1 Å². The van der Waals surface area contributed by atoms with E-state index >= 15 is 0 Å². The Labute approximate surface area is 122 Å². The van der Waals surface area contributed by atoms with E-state index in [1.54, 1.807) is 6.92 Å². The fourth-order valence-corrected chi connectivity index (χ4v) is 2.94. The molecule has 0 bridgehead atoms. The molecule has 10 heteroatoms. The predicted molar refractivity (Wildman–Crippen MR) is 75.5 cm³/mol. The number of nitrogen functional groups attached to an aromatic ring is 1. The van der Waals surface area contributed by atoms with Crippen molar-refractivity contribution in [3.63, 3.8) is 0 Å². The average Bonchev–Trinajstić information content (AvgIpc) is 2.45. The number of hydrazine groups is 1. The van der Waals surface area contributed by atoms with Crippen molar-refractivity contribution in [2.45, 2.75) is 11.8 Å². The standard InChI is InChI=1S/C11H15N5O4S/c1-8(6-12)7-15(2)21(19,20)9-3-4-11(16(17)18)10(5-9)14-13/h3-5,8,14H,7,13H2,1-2H3. The molecule has 0 aliphatic heterocycles. The maximum atomic E-state index is 12.3. The quantitative estimate of drug-likeness (QED) is 0.446. The molecule has 21 heavy (non-hydrogen) atoms. The molecule has 0 spiro atoms. The molecule has 0 saturated carbocycles. The molecule has 1 unspecified atom stereocenters. The molecule has 0 aromatic heterocycles. The Morgan fingerprint density at radius 1 is 1.57 bits per heavy atom. The number of nitrogens with zero attached hydrogens (tertiary/aromatic N) is 3. The molecule has 0 saturated heterocycles. The van der Waals surface area contributed by atoms with Crippen LogP contribution in [-0.2, 0) is 10.0 Å². The maximum Gasteiger partial charge on any atom is 0.293 e. The van der Waals surface area contributed by atoms with Gasteiger partial charge in [0.1, 0.15) is 5.69 Å². The summed E-state index contributed by atoms with van der Waals surface area (Å²) < 4.78 is 25.6. The van der Waals surface area contributed by atoms with Crippen LogP contribution in [0.5, 0.6) is 0 Å². The zero-order valence-electron chi connectivity index (χ0n) is 11.5. The predicted octanol–water partition coefficient (Wildman–Crippen LogP) is 0.661. The van der Waals surface area contributed by atoms with Crippen LogP contribution in [0.15, 0.2) is 23.1 Å². The van der Waals surface area contributed by atoms with Crippen LogP contribution in [0.3, 0.4) is 0 Å². The number of hydrogen-bond donors (Lipinski definition) is 2. The second kappa shape index (κ2) is 6.49. The van der Waals surface area contributed by atoms with Gasteiger partial charge in [0.05, 0.1) is 21.8 Å². The minimum Gasteiger partial charge on any atom is -0.318 e. The molecule has 1 atom stereocenters. The topological polar surface area (TPSA) is 142 Å². The highest BCUT2D eigenvalue weighted by molar-refractivity contribution is 7.89. The molecule has 9 nitrogen and oxygen atoms in total. The first-order valence-corrected chi connectivity index (χ1v) is 7.29. The van der Waals surface area contributed by atoms with Gasteiger partial charge in [-0.25, -0.2) is 8.42 Å². The monoisotopic (exact) mass is 313 g/mol. The summed E-state index contributed by atoms with van der Waals surface area (Å²) in [6.45, 7) is 1.61. The van der Waals surface area contributed by atoms with Gasteiger partial charge in [0, 0.05) is 19.7 Å². The zero-order valence-corrected chi connectivity index (χ0v) is 12.3. The molecule has 114 valence electrons. The molecule has 0 heterocycles. The van der Waals surface area contributed by atoms with Gasteiger partial charge in [0.15, 0.2) is 0 Å². The van der Waals surface area contributed by atoms with Crippen molar-refractivity contribution in [1.82, 2.24) is 4.31 Å². The molecule has 0 radical (unpaired) electrons. The van der Waals surface area contributed by atoms with Crippen molar-refractivity contribution in [2.24, 2.45) is 11.8 Å². The van der Waals surface area contributed by atoms with E-state index in [0.717, 1.165) is 22.5 Å². The number of nitrogens with one attached hydrogen (secondary N) is 1. The number of nitrogens with two attached hydrogens (primary N) is 1.